The second-order valence-electron chi connectivity index (χ2n) is 4.63. The Hall–Kier alpha value is -2.08. The first-order chi connectivity index (χ1) is 9.63. The lowest BCUT2D eigenvalue weighted by Crippen LogP contribution is -2.28. The van der Waals surface area contributed by atoms with Gasteiger partial charge in [-0.05, 0) is 11.1 Å². The number of carboxylic acids is 1. The van der Waals surface area contributed by atoms with Crippen LogP contribution in [0.15, 0.2) is 24.3 Å². The van der Waals surface area contributed by atoms with Crippen LogP contribution >= 0.6 is 0 Å². The van der Waals surface area contributed by atoms with Gasteiger partial charge in [0.05, 0.1) is 19.6 Å². The molecule has 2 rings (SSSR count). The summed E-state index contributed by atoms with van der Waals surface area (Å²) in [5, 5.41) is 11.4. The SMILES string of the molecule is O=C(O)Cc1cccc(CNC(=O)OC2CCOC2)c1. The largest absolute Gasteiger partial charge is 0.481 e. The molecule has 1 saturated heterocycles. The highest BCUT2D eigenvalue weighted by atomic mass is 16.6. The molecule has 2 N–H and O–H groups in total. The number of carbonyl (C=O) groups is 2. The third-order valence-electron chi connectivity index (χ3n) is 2.95. The number of ether oxygens (including phenoxy) is 2. The third-order valence-corrected chi connectivity index (χ3v) is 2.95. The van der Waals surface area contributed by atoms with Crippen LogP contribution in [0.1, 0.15) is 17.5 Å². The summed E-state index contributed by atoms with van der Waals surface area (Å²) in [5.74, 6) is -0.879. The van der Waals surface area contributed by atoms with Crippen LogP contribution in [0.5, 0.6) is 0 Å². The molecule has 0 aromatic heterocycles. The Morgan fingerprint density at radius 1 is 1.40 bits per heavy atom. The van der Waals surface area contributed by atoms with Gasteiger partial charge in [-0.2, -0.15) is 0 Å². The van der Waals surface area contributed by atoms with E-state index < -0.39 is 12.1 Å². The van der Waals surface area contributed by atoms with Gasteiger partial charge in [0, 0.05) is 13.0 Å². The number of amides is 1. The van der Waals surface area contributed by atoms with Crippen LogP contribution in [0.4, 0.5) is 4.79 Å². The molecule has 0 bridgehead atoms. The highest BCUT2D eigenvalue weighted by Gasteiger charge is 2.19. The molecule has 1 fully saturated rings. The van der Waals surface area contributed by atoms with E-state index in [1.807, 2.05) is 6.07 Å². The predicted octanol–water partition coefficient (Wildman–Crippen LogP) is 1.33. The van der Waals surface area contributed by atoms with E-state index in [4.69, 9.17) is 14.6 Å². The molecule has 0 radical (unpaired) electrons. The number of aliphatic carboxylic acids is 1. The van der Waals surface area contributed by atoms with Crippen LogP contribution in [0.3, 0.4) is 0 Å². The molecule has 6 heteroatoms. The summed E-state index contributed by atoms with van der Waals surface area (Å²) in [4.78, 5) is 22.2. The summed E-state index contributed by atoms with van der Waals surface area (Å²) in [7, 11) is 0. The molecule has 1 aliphatic heterocycles. The zero-order valence-corrected chi connectivity index (χ0v) is 11.0. The lowest BCUT2D eigenvalue weighted by Gasteiger charge is -2.11. The maximum absolute atomic E-state index is 11.6. The second-order valence-corrected chi connectivity index (χ2v) is 4.63. The summed E-state index contributed by atoms with van der Waals surface area (Å²) >= 11 is 0. The van der Waals surface area contributed by atoms with Gasteiger partial charge in [0.25, 0.3) is 0 Å². The minimum absolute atomic E-state index is 0.0301. The Morgan fingerprint density at radius 3 is 2.90 bits per heavy atom. The average molecular weight is 279 g/mol. The van der Waals surface area contributed by atoms with Crippen molar-refractivity contribution >= 4 is 12.1 Å². The van der Waals surface area contributed by atoms with E-state index >= 15 is 0 Å². The average Bonchev–Trinajstić information content (AvgIpc) is 2.89. The fourth-order valence-electron chi connectivity index (χ4n) is 2.00. The lowest BCUT2D eigenvalue weighted by molar-refractivity contribution is -0.136. The number of hydrogen-bond donors (Lipinski definition) is 2. The van der Waals surface area contributed by atoms with Crippen molar-refractivity contribution in [3.05, 3.63) is 35.4 Å². The molecule has 1 unspecified atom stereocenters. The fraction of sp³-hybridized carbons (Fsp3) is 0.429. The van der Waals surface area contributed by atoms with Gasteiger partial charge in [-0.3, -0.25) is 4.79 Å². The van der Waals surface area contributed by atoms with Gasteiger partial charge in [-0.15, -0.1) is 0 Å². The van der Waals surface area contributed by atoms with Crippen molar-refractivity contribution in [1.29, 1.82) is 0 Å². The van der Waals surface area contributed by atoms with Crippen LogP contribution in [0.25, 0.3) is 0 Å². The van der Waals surface area contributed by atoms with E-state index in [2.05, 4.69) is 5.32 Å². The third kappa shape index (κ3) is 4.55. The summed E-state index contributed by atoms with van der Waals surface area (Å²) in [6.07, 6.45) is 0.0386. The van der Waals surface area contributed by atoms with Crippen molar-refractivity contribution in [3.63, 3.8) is 0 Å². The Kier molecular flexibility index (Phi) is 4.95. The molecule has 1 amide bonds. The highest BCUT2D eigenvalue weighted by molar-refractivity contribution is 5.70. The maximum Gasteiger partial charge on any atom is 0.407 e. The smallest absolute Gasteiger partial charge is 0.407 e. The van der Waals surface area contributed by atoms with Crippen LogP contribution in [0.2, 0.25) is 0 Å². The van der Waals surface area contributed by atoms with Gasteiger partial charge < -0.3 is 19.9 Å². The van der Waals surface area contributed by atoms with Gasteiger partial charge >= 0.3 is 12.1 Å². The lowest BCUT2D eigenvalue weighted by atomic mass is 10.1. The zero-order valence-electron chi connectivity index (χ0n) is 11.0. The normalized spacial score (nSPS) is 17.7. The molecular formula is C14H17NO5. The number of carbonyl (C=O) groups excluding carboxylic acids is 1. The van der Waals surface area contributed by atoms with Crippen LogP contribution in [0, 0.1) is 0 Å². The first-order valence-electron chi connectivity index (χ1n) is 6.45. The van der Waals surface area contributed by atoms with Gasteiger partial charge in [0.2, 0.25) is 0 Å². The Bertz CT molecular complexity index is 482. The molecule has 108 valence electrons. The van der Waals surface area contributed by atoms with Crippen molar-refractivity contribution in [2.45, 2.75) is 25.5 Å². The summed E-state index contributed by atoms with van der Waals surface area (Å²) in [5.41, 5.74) is 1.54. The van der Waals surface area contributed by atoms with E-state index in [1.165, 1.54) is 0 Å². The van der Waals surface area contributed by atoms with Crippen molar-refractivity contribution in [3.8, 4) is 0 Å². The van der Waals surface area contributed by atoms with Crippen molar-refractivity contribution in [2.24, 2.45) is 0 Å². The highest BCUT2D eigenvalue weighted by Crippen LogP contribution is 2.09. The monoisotopic (exact) mass is 279 g/mol. The Balaban J connectivity index is 1.80. The molecule has 1 aromatic rings. The number of hydrogen-bond acceptors (Lipinski definition) is 4. The minimum Gasteiger partial charge on any atom is -0.481 e. The van der Waals surface area contributed by atoms with Crippen LogP contribution < -0.4 is 5.32 Å². The van der Waals surface area contributed by atoms with E-state index in [-0.39, 0.29) is 12.5 Å². The minimum atomic E-state index is -0.879. The number of nitrogens with one attached hydrogen (secondary N) is 1. The summed E-state index contributed by atoms with van der Waals surface area (Å²) in [6, 6.07) is 7.09. The molecule has 20 heavy (non-hydrogen) atoms. The molecule has 0 saturated carbocycles. The quantitative estimate of drug-likeness (QED) is 0.849. The molecule has 0 spiro atoms. The van der Waals surface area contributed by atoms with E-state index in [0.717, 1.165) is 12.0 Å². The summed E-state index contributed by atoms with van der Waals surface area (Å²) in [6.45, 7) is 1.37. The van der Waals surface area contributed by atoms with Crippen LogP contribution in [-0.4, -0.2) is 36.5 Å². The van der Waals surface area contributed by atoms with Crippen LogP contribution in [-0.2, 0) is 27.2 Å². The molecule has 1 heterocycles. The van der Waals surface area contributed by atoms with Gasteiger partial charge in [0.15, 0.2) is 0 Å². The van der Waals surface area contributed by atoms with Gasteiger partial charge in [-0.1, -0.05) is 24.3 Å². The Morgan fingerprint density at radius 2 is 2.20 bits per heavy atom. The first kappa shape index (κ1) is 14.3. The van der Waals surface area contributed by atoms with E-state index in [9.17, 15) is 9.59 Å². The fourth-order valence-corrected chi connectivity index (χ4v) is 2.00. The maximum atomic E-state index is 11.6. The van der Waals surface area contributed by atoms with Crippen molar-refractivity contribution < 1.29 is 24.2 Å². The predicted molar refractivity (Wildman–Crippen MR) is 70.3 cm³/mol. The van der Waals surface area contributed by atoms with E-state index in [0.29, 0.717) is 25.3 Å². The van der Waals surface area contributed by atoms with Crippen molar-refractivity contribution in [2.75, 3.05) is 13.2 Å². The first-order valence-corrected chi connectivity index (χ1v) is 6.45. The summed E-state index contributed by atoms with van der Waals surface area (Å²) < 4.78 is 10.3. The number of rotatable bonds is 5. The molecular weight excluding hydrogens is 262 g/mol. The second kappa shape index (κ2) is 6.91. The number of alkyl carbamates (subject to hydrolysis) is 1. The Labute approximate surface area is 116 Å². The molecule has 1 atom stereocenters. The van der Waals surface area contributed by atoms with Crippen molar-refractivity contribution in [1.82, 2.24) is 5.32 Å². The van der Waals surface area contributed by atoms with Gasteiger partial charge in [0.1, 0.15) is 6.10 Å². The topological polar surface area (TPSA) is 84.9 Å². The molecule has 0 aliphatic carbocycles. The molecule has 1 aliphatic rings. The van der Waals surface area contributed by atoms with Gasteiger partial charge in [-0.25, -0.2) is 4.79 Å². The molecule has 6 nitrogen and oxygen atoms in total. The van der Waals surface area contributed by atoms with E-state index in [1.54, 1.807) is 18.2 Å². The standard InChI is InChI=1S/C14H17NO5/c16-13(17)7-10-2-1-3-11(6-10)8-15-14(18)20-12-4-5-19-9-12/h1-3,6,12H,4-5,7-9H2,(H,15,18)(H,16,17). The zero-order chi connectivity index (χ0) is 14.4. The number of carboxylic acid groups (broad SMARTS) is 1. The number of benzene rings is 1. The molecule has 1 aromatic carbocycles.